The molecule has 1 aliphatic heterocycles. The second-order valence-electron chi connectivity index (χ2n) is 7.33. The zero-order valence-electron chi connectivity index (χ0n) is 15.7. The first-order valence-electron chi connectivity index (χ1n) is 9.27. The van der Waals surface area contributed by atoms with Crippen molar-refractivity contribution in [3.05, 3.63) is 52.3 Å². The van der Waals surface area contributed by atoms with Gasteiger partial charge in [-0.1, -0.05) is 43.6 Å². The van der Waals surface area contributed by atoms with Crippen LogP contribution in [0.4, 0.5) is 0 Å². The van der Waals surface area contributed by atoms with E-state index in [0.29, 0.717) is 24.6 Å². The molecule has 140 valence electrons. The molecule has 1 N–H and O–H groups in total. The van der Waals surface area contributed by atoms with Crippen LogP contribution in [0.2, 0.25) is 5.02 Å². The maximum absolute atomic E-state index is 13.0. The van der Waals surface area contributed by atoms with Crippen molar-refractivity contribution in [2.24, 2.45) is 5.92 Å². The van der Waals surface area contributed by atoms with Crippen LogP contribution in [-0.4, -0.2) is 40.2 Å². The Kier molecular flexibility index (Phi) is 5.99. The van der Waals surface area contributed by atoms with Gasteiger partial charge in [-0.05, 0) is 30.9 Å². The standard InChI is InChI=1S/C20H27ClN4O/c1-14(2)8-10-25-15(3)17(12-23-25)20(26)24-11-9-22-19(13-24)16-6-4-5-7-18(16)21/h4-7,12,14,19,22H,8-11,13H2,1-3H3. The van der Waals surface area contributed by atoms with Gasteiger partial charge in [-0.25, -0.2) is 0 Å². The van der Waals surface area contributed by atoms with Gasteiger partial charge in [0, 0.05) is 36.9 Å². The summed E-state index contributed by atoms with van der Waals surface area (Å²) in [5.74, 6) is 0.666. The molecule has 1 aromatic heterocycles. The third kappa shape index (κ3) is 4.10. The smallest absolute Gasteiger partial charge is 0.257 e. The highest BCUT2D eigenvalue weighted by Crippen LogP contribution is 2.25. The van der Waals surface area contributed by atoms with Crippen LogP contribution in [0, 0.1) is 12.8 Å². The number of aryl methyl sites for hydroxylation is 1. The molecule has 1 amide bonds. The molecule has 1 unspecified atom stereocenters. The fourth-order valence-electron chi connectivity index (χ4n) is 3.33. The Bertz CT molecular complexity index is 771. The highest BCUT2D eigenvalue weighted by Gasteiger charge is 2.28. The summed E-state index contributed by atoms with van der Waals surface area (Å²) in [5, 5.41) is 8.63. The molecule has 1 aliphatic rings. The van der Waals surface area contributed by atoms with Gasteiger partial charge in [-0.3, -0.25) is 9.48 Å². The predicted molar refractivity (Wildman–Crippen MR) is 105 cm³/mol. The number of nitrogens with one attached hydrogen (secondary N) is 1. The van der Waals surface area contributed by atoms with Crippen LogP contribution in [0.3, 0.4) is 0 Å². The highest BCUT2D eigenvalue weighted by molar-refractivity contribution is 6.31. The summed E-state index contributed by atoms with van der Waals surface area (Å²) < 4.78 is 1.95. The number of aromatic nitrogens is 2. The number of nitrogens with zero attached hydrogens (tertiary/aromatic N) is 3. The summed E-state index contributed by atoms with van der Waals surface area (Å²) >= 11 is 6.33. The van der Waals surface area contributed by atoms with E-state index in [0.717, 1.165) is 35.8 Å². The third-order valence-corrected chi connectivity index (χ3v) is 5.34. The van der Waals surface area contributed by atoms with E-state index >= 15 is 0 Å². The molecule has 0 radical (unpaired) electrons. The number of hydrogen-bond acceptors (Lipinski definition) is 3. The zero-order valence-corrected chi connectivity index (χ0v) is 16.5. The van der Waals surface area contributed by atoms with Gasteiger partial charge in [0.15, 0.2) is 0 Å². The Labute approximate surface area is 160 Å². The Morgan fingerprint density at radius 1 is 1.38 bits per heavy atom. The van der Waals surface area contributed by atoms with Crippen molar-refractivity contribution in [3.8, 4) is 0 Å². The normalized spacial score (nSPS) is 17.7. The monoisotopic (exact) mass is 374 g/mol. The molecule has 26 heavy (non-hydrogen) atoms. The lowest BCUT2D eigenvalue weighted by Crippen LogP contribution is -2.48. The van der Waals surface area contributed by atoms with Gasteiger partial charge in [0.2, 0.25) is 0 Å². The molecule has 1 aromatic carbocycles. The Morgan fingerprint density at radius 2 is 2.15 bits per heavy atom. The van der Waals surface area contributed by atoms with E-state index in [4.69, 9.17) is 11.6 Å². The van der Waals surface area contributed by atoms with Crippen LogP contribution < -0.4 is 5.32 Å². The van der Waals surface area contributed by atoms with Crippen LogP contribution in [0.1, 0.15) is 47.9 Å². The summed E-state index contributed by atoms with van der Waals surface area (Å²) in [4.78, 5) is 14.9. The van der Waals surface area contributed by atoms with Crippen molar-refractivity contribution in [2.45, 2.75) is 39.8 Å². The quantitative estimate of drug-likeness (QED) is 0.868. The predicted octanol–water partition coefficient (Wildman–Crippen LogP) is 3.68. The first-order valence-corrected chi connectivity index (χ1v) is 9.64. The van der Waals surface area contributed by atoms with E-state index in [9.17, 15) is 4.79 Å². The average molecular weight is 375 g/mol. The maximum Gasteiger partial charge on any atom is 0.257 e. The van der Waals surface area contributed by atoms with Gasteiger partial charge < -0.3 is 10.2 Å². The molecule has 2 aromatic rings. The first-order chi connectivity index (χ1) is 12.5. The number of benzene rings is 1. The first kappa shape index (κ1) is 18.9. The molecule has 1 atom stereocenters. The van der Waals surface area contributed by atoms with E-state index in [-0.39, 0.29) is 11.9 Å². The van der Waals surface area contributed by atoms with Gasteiger partial charge in [0.1, 0.15) is 0 Å². The molecule has 0 bridgehead atoms. The van der Waals surface area contributed by atoms with Crippen molar-refractivity contribution in [3.63, 3.8) is 0 Å². The van der Waals surface area contributed by atoms with Crippen molar-refractivity contribution in [2.75, 3.05) is 19.6 Å². The fourth-order valence-corrected chi connectivity index (χ4v) is 3.60. The number of carbonyl (C=O) groups is 1. The summed E-state index contributed by atoms with van der Waals surface area (Å²) in [6.07, 6.45) is 2.77. The van der Waals surface area contributed by atoms with Gasteiger partial charge >= 0.3 is 0 Å². The van der Waals surface area contributed by atoms with Crippen molar-refractivity contribution >= 4 is 17.5 Å². The molecular weight excluding hydrogens is 348 g/mol. The van der Waals surface area contributed by atoms with Gasteiger partial charge in [-0.15, -0.1) is 0 Å². The highest BCUT2D eigenvalue weighted by atomic mass is 35.5. The third-order valence-electron chi connectivity index (χ3n) is 5.00. The molecule has 0 saturated carbocycles. The van der Waals surface area contributed by atoms with Crippen LogP contribution in [0.25, 0.3) is 0 Å². The van der Waals surface area contributed by atoms with E-state index in [1.54, 1.807) is 6.20 Å². The molecule has 0 aliphatic carbocycles. The molecule has 0 spiro atoms. The molecule has 3 rings (SSSR count). The zero-order chi connectivity index (χ0) is 18.7. The van der Waals surface area contributed by atoms with Crippen LogP contribution >= 0.6 is 11.6 Å². The van der Waals surface area contributed by atoms with Crippen molar-refractivity contribution in [1.82, 2.24) is 20.0 Å². The number of amides is 1. The van der Waals surface area contributed by atoms with Crippen LogP contribution in [0.15, 0.2) is 30.5 Å². The summed E-state index contributed by atoms with van der Waals surface area (Å²) in [7, 11) is 0. The molecule has 1 fully saturated rings. The lowest BCUT2D eigenvalue weighted by atomic mass is 10.0. The minimum atomic E-state index is 0.0526. The van der Waals surface area contributed by atoms with E-state index in [2.05, 4.69) is 24.3 Å². The SMILES string of the molecule is Cc1c(C(=O)N2CCNC(c3ccccc3Cl)C2)cnn1CCC(C)C. The summed E-state index contributed by atoms with van der Waals surface area (Å²) in [6.45, 7) is 9.27. The summed E-state index contributed by atoms with van der Waals surface area (Å²) in [6, 6.07) is 7.86. The van der Waals surface area contributed by atoms with E-state index in [1.165, 1.54) is 0 Å². The maximum atomic E-state index is 13.0. The van der Waals surface area contributed by atoms with E-state index in [1.807, 2.05) is 40.8 Å². The number of rotatable bonds is 5. The number of piperazine rings is 1. The van der Waals surface area contributed by atoms with Crippen LogP contribution in [0.5, 0.6) is 0 Å². The molecule has 1 saturated heterocycles. The van der Waals surface area contributed by atoms with Gasteiger partial charge in [0.25, 0.3) is 5.91 Å². The summed E-state index contributed by atoms with van der Waals surface area (Å²) in [5.41, 5.74) is 2.69. The van der Waals surface area contributed by atoms with Gasteiger partial charge in [0.05, 0.1) is 17.8 Å². The topological polar surface area (TPSA) is 50.2 Å². The number of carbonyl (C=O) groups excluding carboxylic acids is 1. The molecular formula is C20H27ClN4O. The van der Waals surface area contributed by atoms with Crippen molar-refractivity contribution < 1.29 is 4.79 Å². The van der Waals surface area contributed by atoms with Crippen molar-refractivity contribution in [1.29, 1.82) is 0 Å². The second-order valence-corrected chi connectivity index (χ2v) is 7.74. The van der Waals surface area contributed by atoms with Crippen LogP contribution in [-0.2, 0) is 6.54 Å². The average Bonchev–Trinajstić information content (AvgIpc) is 3.00. The largest absolute Gasteiger partial charge is 0.335 e. The Hall–Kier alpha value is -1.85. The Balaban J connectivity index is 1.73. The molecule has 2 heterocycles. The van der Waals surface area contributed by atoms with E-state index < -0.39 is 0 Å². The molecule has 6 heteroatoms. The number of halogens is 1. The Morgan fingerprint density at radius 3 is 2.88 bits per heavy atom. The van der Waals surface area contributed by atoms with Gasteiger partial charge in [-0.2, -0.15) is 5.10 Å². The fraction of sp³-hybridized carbons (Fsp3) is 0.500. The molecule has 5 nitrogen and oxygen atoms in total. The lowest BCUT2D eigenvalue weighted by Gasteiger charge is -2.34. The number of hydrogen-bond donors (Lipinski definition) is 1. The second kappa shape index (κ2) is 8.23. The lowest BCUT2D eigenvalue weighted by molar-refractivity contribution is 0.0702. The minimum Gasteiger partial charge on any atom is -0.335 e. The minimum absolute atomic E-state index is 0.0526.